The Bertz CT molecular complexity index is 893. The number of aromatic nitrogens is 5. The number of nitrogens with one attached hydrogen (secondary N) is 1. The normalized spacial score (nSPS) is 14.7. The lowest BCUT2D eigenvalue weighted by molar-refractivity contribution is -0.147. The summed E-state index contributed by atoms with van der Waals surface area (Å²) in [6.45, 7) is 1.36. The van der Waals surface area contributed by atoms with Crippen molar-refractivity contribution in [2.75, 3.05) is 6.54 Å². The van der Waals surface area contributed by atoms with Gasteiger partial charge in [0.1, 0.15) is 0 Å². The first-order valence-electron chi connectivity index (χ1n) is 7.34. The Labute approximate surface area is 142 Å². The van der Waals surface area contributed by atoms with Crippen LogP contribution in [0.25, 0.3) is 5.52 Å². The summed E-state index contributed by atoms with van der Waals surface area (Å²) in [6.07, 6.45) is -2.52. The molecule has 0 spiro atoms. The Hall–Kier alpha value is -2.63. The fourth-order valence-corrected chi connectivity index (χ4v) is 2.50. The number of rotatable bonds is 0. The molecule has 1 aliphatic heterocycles. The Morgan fingerprint density at radius 1 is 0.923 bits per heavy atom. The molecular weight excluding hydrogens is 366 g/mol. The average molecular weight is 378 g/mol. The van der Waals surface area contributed by atoms with E-state index in [1.165, 1.54) is 29.4 Å². The van der Waals surface area contributed by atoms with Crippen molar-refractivity contribution in [1.29, 1.82) is 0 Å². The van der Waals surface area contributed by atoms with Crippen molar-refractivity contribution in [2.45, 2.75) is 25.4 Å². The number of nitrogens with zero attached hydrogens (tertiary/aromatic N) is 5. The zero-order chi connectivity index (χ0) is 18.9. The highest BCUT2D eigenvalue weighted by molar-refractivity contribution is 5.43. The highest BCUT2D eigenvalue weighted by Gasteiger charge is 2.37. The lowest BCUT2D eigenvalue weighted by Crippen LogP contribution is -2.30. The Kier molecular flexibility index (Phi) is 4.61. The van der Waals surface area contributed by atoms with Crippen molar-refractivity contribution < 1.29 is 26.3 Å². The molecule has 3 aromatic rings. The van der Waals surface area contributed by atoms with Gasteiger partial charge in [-0.25, -0.2) is 9.97 Å². The summed E-state index contributed by atoms with van der Waals surface area (Å²) < 4.78 is 75.8. The molecule has 1 N–H and O–H groups in total. The third kappa shape index (κ3) is 3.64. The lowest BCUT2D eigenvalue weighted by Gasteiger charge is -2.18. The number of imidazole rings is 2. The maximum Gasteiger partial charge on any atom is 0.450 e. The average Bonchev–Trinajstić information content (AvgIpc) is 3.19. The van der Waals surface area contributed by atoms with Crippen molar-refractivity contribution in [3.8, 4) is 0 Å². The molecule has 0 unspecified atom stereocenters. The van der Waals surface area contributed by atoms with E-state index in [4.69, 9.17) is 0 Å². The second-order valence-corrected chi connectivity index (χ2v) is 5.35. The summed E-state index contributed by atoms with van der Waals surface area (Å²) in [4.78, 5) is 10.3. The van der Waals surface area contributed by atoms with Crippen molar-refractivity contribution in [3.05, 3.63) is 48.3 Å². The van der Waals surface area contributed by atoms with Crippen molar-refractivity contribution >= 4 is 5.52 Å². The summed E-state index contributed by atoms with van der Waals surface area (Å²) >= 11 is 0. The fourth-order valence-electron chi connectivity index (χ4n) is 2.50. The summed E-state index contributed by atoms with van der Waals surface area (Å²) in [5.41, 5.74) is 0.924. The van der Waals surface area contributed by atoms with Gasteiger partial charge in [-0.3, -0.25) is 9.38 Å². The zero-order valence-electron chi connectivity index (χ0n) is 13.0. The molecular formula is C14H12F6N6. The van der Waals surface area contributed by atoms with E-state index in [9.17, 15) is 26.3 Å². The van der Waals surface area contributed by atoms with Gasteiger partial charge in [0.2, 0.25) is 11.6 Å². The van der Waals surface area contributed by atoms with Gasteiger partial charge in [-0.05, 0) is 0 Å². The fraction of sp³-hybridized carbons (Fsp3) is 0.357. The van der Waals surface area contributed by atoms with Crippen LogP contribution in [-0.4, -0.2) is 30.5 Å². The number of halogens is 6. The first kappa shape index (κ1) is 18.2. The summed E-state index contributed by atoms with van der Waals surface area (Å²) in [6, 6.07) is 0. The molecule has 0 fully saturated rings. The molecule has 4 rings (SSSR count). The highest BCUT2D eigenvalue weighted by Crippen LogP contribution is 2.29. The van der Waals surface area contributed by atoms with Gasteiger partial charge in [0.25, 0.3) is 0 Å². The Morgan fingerprint density at radius 2 is 1.62 bits per heavy atom. The molecule has 0 saturated heterocycles. The second-order valence-electron chi connectivity index (χ2n) is 5.35. The van der Waals surface area contributed by atoms with Crippen molar-refractivity contribution in [1.82, 2.24) is 29.2 Å². The molecule has 0 radical (unpaired) electrons. The van der Waals surface area contributed by atoms with E-state index in [1.54, 1.807) is 0 Å². The van der Waals surface area contributed by atoms with Gasteiger partial charge in [-0.1, -0.05) is 0 Å². The molecule has 26 heavy (non-hydrogen) atoms. The van der Waals surface area contributed by atoms with E-state index in [-0.39, 0.29) is 0 Å². The van der Waals surface area contributed by atoms with Crippen LogP contribution in [0.5, 0.6) is 0 Å². The molecule has 0 bridgehead atoms. The van der Waals surface area contributed by atoms with Crippen LogP contribution < -0.4 is 5.32 Å². The zero-order valence-corrected chi connectivity index (χ0v) is 13.0. The van der Waals surface area contributed by atoms with Gasteiger partial charge in [0.05, 0.1) is 29.8 Å². The molecule has 0 atom stereocenters. The van der Waals surface area contributed by atoms with Gasteiger partial charge in [-0.2, -0.15) is 26.3 Å². The molecule has 0 saturated carbocycles. The smallest absolute Gasteiger partial charge is 0.322 e. The first-order chi connectivity index (χ1) is 12.2. The van der Waals surface area contributed by atoms with Crippen LogP contribution in [0, 0.1) is 0 Å². The highest BCUT2D eigenvalue weighted by atomic mass is 19.4. The number of fused-ring (bicyclic) bond motifs is 2. The van der Waals surface area contributed by atoms with Gasteiger partial charge < -0.3 is 9.88 Å². The summed E-state index contributed by atoms with van der Waals surface area (Å²) in [7, 11) is 0. The van der Waals surface area contributed by atoms with E-state index in [0.717, 1.165) is 10.6 Å². The van der Waals surface area contributed by atoms with E-state index >= 15 is 0 Å². The Balaban J connectivity index is 0.000000151. The predicted molar refractivity (Wildman–Crippen MR) is 76.9 cm³/mol. The Morgan fingerprint density at radius 3 is 2.31 bits per heavy atom. The van der Waals surface area contributed by atoms with Gasteiger partial charge in [0, 0.05) is 32.0 Å². The maximum absolute atomic E-state index is 12.3. The van der Waals surface area contributed by atoms with E-state index in [1.807, 2.05) is 0 Å². The molecule has 0 aliphatic carbocycles. The van der Waals surface area contributed by atoms with Crippen LogP contribution >= 0.6 is 0 Å². The molecule has 6 nitrogen and oxygen atoms in total. The van der Waals surface area contributed by atoms with E-state index in [2.05, 4.69) is 20.3 Å². The van der Waals surface area contributed by atoms with Crippen LogP contribution in [0.15, 0.2) is 31.0 Å². The molecule has 3 aromatic heterocycles. The van der Waals surface area contributed by atoms with Crippen molar-refractivity contribution in [2.24, 2.45) is 0 Å². The third-order valence-corrected chi connectivity index (χ3v) is 3.60. The largest absolute Gasteiger partial charge is 0.450 e. The predicted octanol–water partition coefficient (Wildman–Crippen LogP) is 2.75. The standard InChI is InChI=1S/C7H8F3N3.C7H4F3N3/c2*8-7(9,10)6-12-4-5-3-11-1-2-13(5)6/h4,11H,1-3H2;1-4H. The van der Waals surface area contributed by atoms with Crippen LogP contribution in [0.1, 0.15) is 17.3 Å². The minimum atomic E-state index is -4.42. The molecule has 4 heterocycles. The topological polar surface area (TPSA) is 60.0 Å². The summed E-state index contributed by atoms with van der Waals surface area (Å²) in [5.74, 6) is -1.71. The van der Waals surface area contributed by atoms with Crippen LogP contribution in [0.3, 0.4) is 0 Å². The van der Waals surface area contributed by atoms with Crippen LogP contribution in [0.2, 0.25) is 0 Å². The molecule has 1 aliphatic rings. The minimum Gasteiger partial charge on any atom is -0.322 e. The van der Waals surface area contributed by atoms with Gasteiger partial charge >= 0.3 is 12.4 Å². The number of alkyl halides is 6. The van der Waals surface area contributed by atoms with Gasteiger partial charge in [0.15, 0.2) is 0 Å². The SMILES string of the molecule is FC(F)(F)c1ncc2cnccn12.FC(F)(F)c1ncc2n1CCNC2. The number of hydrogen-bond acceptors (Lipinski definition) is 4. The minimum absolute atomic E-state index is 0.329. The van der Waals surface area contributed by atoms with E-state index < -0.39 is 24.0 Å². The van der Waals surface area contributed by atoms with Crippen LogP contribution in [0.4, 0.5) is 26.3 Å². The third-order valence-electron chi connectivity index (χ3n) is 3.60. The monoisotopic (exact) mass is 378 g/mol. The second kappa shape index (κ2) is 6.59. The quantitative estimate of drug-likeness (QED) is 0.611. The van der Waals surface area contributed by atoms with Crippen molar-refractivity contribution in [3.63, 3.8) is 0 Å². The van der Waals surface area contributed by atoms with E-state index in [0.29, 0.717) is 30.8 Å². The molecule has 140 valence electrons. The maximum atomic E-state index is 12.3. The first-order valence-corrected chi connectivity index (χ1v) is 7.34. The van der Waals surface area contributed by atoms with Crippen LogP contribution in [-0.2, 0) is 25.4 Å². The molecule has 0 amide bonds. The lowest BCUT2D eigenvalue weighted by atomic mass is 10.3. The van der Waals surface area contributed by atoms with Gasteiger partial charge in [-0.15, -0.1) is 0 Å². The molecule has 0 aromatic carbocycles. The summed E-state index contributed by atoms with van der Waals surface area (Å²) in [5, 5.41) is 2.98. The molecule has 12 heteroatoms. The number of hydrogen-bond donors (Lipinski definition) is 1.